The first kappa shape index (κ1) is 16.9. The Morgan fingerprint density at radius 1 is 1.26 bits per heavy atom. The van der Waals surface area contributed by atoms with Crippen LogP contribution in [0.15, 0.2) is 30.5 Å². The highest BCUT2D eigenvalue weighted by Crippen LogP contribution is 2.30. The normalized spacial score (nSPS) is 11.8. The van der Waals surface area contributed by atoms with Gasteiger partial charge in [0, 0.05) is 6.20 Å². The van der Waals surface area contributed by atoms with E-state index in [0.717, 1.165) is 35.1 Å². The van der Waals surface area contributed by atoms with Gasteiger partial charge in [0.25, 0.3) is 6.43 Å². The number of ether oxygens (including phenoxy) is 1. The zero-order chi connectivity index (χ0) is 17.2. The predicted octanol–water partition coefficient (Wildman–Crippen LogP) is 4.01. The molecule has 2 rings (SSSR count). The zero-order valence-corrected chi connectivity index (χ0v) is 11.8. The maximum atomic E-state index is 12.9. The Hall–Kier alpha value is -2.45. The molecule has 23 heavy (non-hydrogen) atoms. The lowest BCUT2D eigenvalue weighted by Gasteiger charge is -2.07. The van der Waals surface area contributed by atoms with Gasteiger partial charge in [0.1, 0.15) is 11.3 Å². The Morgan fingerprint density at radius 2 is 1.87 bits per heavy atom. The lowest BCUT2D eigenvalue weighted by Crippen LogP contribution is -2.06. The summed E-state index contributed by atoms with van der Waals surface area (Å²) in [7, 11) is 0. The molecule has 0 unspecified atom stereocenters. The Kier molecular flexibility index (Phi) is 4.67. The number of carbonyl (C=O) groups is 1. The van der Waals surface area contributed by atoms with E-state index in [1.165, 1.54) is 6.92 Å². The molecule has 0 aliphatic carbocycles. The van der Waals surface area contributed by atoms with Crippen LogP contribution in [0.2, 0.25) is 0 Å². The Labute approximate surface area is 127 Å². The molecule has 4 nitrogen and oxygen atoms in total. The molecule has 0 saturated carbocycles. The van der Waals surface area contributed by atoms with E-state index in [2.05, 4.69) is 9.84 Å². The second kappa shape index (κ2) is 6.35. The molecule has 0 radical (unpaired) electrons. The first-order chi connectivity index (χ1) is 10.7. The topological polar surface area (TPSA) is 44.1 Å². The number of benzene rings is 1. The third-order valence-electron chi connectivity index (χ3n) is 2.90. The van der Waals surface area contributed by atoms with E-state index in [9.17, 15) is 26.7 Å². The molecule has 1 aromatic heterocycles. The quantitative estimate of drug-likeness (QED) is 0.627. The third kappa shape index (κ3) is 3.66. The van der Waals surface area contributed by atoms with Crippen molar-refractivity contribution in [3.63, 3.8) is 0 Å². The number of carbonyl (C=O) groups excluding carboxylic acids is 1. The van der Waals surface area contributed by atoms with Gasteiger partial charge in [-0.3, -0.25) is 0 Å². The summed E-state index contributed by atoms with van der Waals surface area (Å²) in [5.74, 6) is -0.971. The van der Waals surface area contributed by atoms with Gasteiger partial charge in [-0.1, -0.05) is 0 Å². The minimum Gasteiger partial charge on any atom is -0.462 e. The number of hydrogen-bond donors (Lipinski definition) is 0. The molecule has 0 spiro atoms. The summed E-state index contributed by atoms with van der Waals surface area (Å²) < 4.78 is 69.0. The van der Waals surface area contributed by atoms with Crippen LogP contribution in [-0.2, 0) is 10.9 Å². The van der Waals surface area contributed by atoms with Crippen molar-refractivity contribution >= 4 is 5.97 Å². The standard InChI is InChI=1S/C14H11F5N2O2/c1-2-23-13(22)10-7-21(20-11(10)12(15)16)9-5-3-8(4-6-9)14(17,18)19/h3-7,12H,2H2,1H3. The molecule has 0 fully saturated rings. The van der Waals surface area contributed by atoms with Crippen molar-refractivity contribution in [1.29, 1.82) is 0 Å². The molecular weight excluding hydrogens is 323 g/mol. The fourth-order valence-corrected chi connectivity index (χ4v) is 1.85. The second-order valence-electron chi connectivity index (χ2n) is 4.44. The maximum Gasteiger partial charge on any atom is 0.416 e. The van der Waals surface area contributed by atoms with Crippen LogP contribution >= 0.6 is 0 Å². The molecule has 1 aromatic carbocycles. The molecule has 0 aliphatic rings. The summed E-state index contributed by atoms with van der Waals surface area (Å²) in [4.78, 5) is 11.6. The Bertz CT molecular complexity index is 692. The van der Waals surface area contributed by atoms with Crippen LogP contribution in [0.5, 0.6) is 0 Å². The summed E-state index contributed by atoms with van der Waals surface area (Å²) in [6, 6.07) is 3.73. The zero-order valence-electron chi connectivity index (χ0n) is 11.8. The van der Waals surface area contributed by atoms with E-state index in [1.807, 2.05) is 0 Å². The van der Waals surface area contributed by atoms with Crippen molar-refractivity contribution in [2.45, 2.75) is 19.5 Å². The summed E-state index contributed by atoms with van der Waals surface area (Å²) >= 11 is 0. The van der Waals surface area contributed by atoms with E-state index in [-0.39, 0.29) is 12.3 Å². The van der Waals surface area contributed by atoms with Crippen molar-refractivity contribution in [2.24, 2.45) is 0 Å². The molecule has 0 bridgehead atoms. The summed E-state index contributed by atoms with van der Waals surface area (Å²) in [6.45, 7) is 1.51. The highest BCUT2D eigenvalue weighted by atomic mass is 19.4. The van der Waals surface area contributed by atoms with Gasteiger partial charge in [-0.25, -0.2) is 18.3 Å². The van der Waals surface area contributed by atoms with Crippen LogP contribution in [0.4, 0.5) is 22.0 Å². The summed E-state index contributed by atoms with van der Waals surface area (Å²) in [6.07, 6.45) is -6.53. The van der Waals surface area contributed by atoms with Crippen LogP contribution < -0.4 is 0 Å². The number of nitrogens with zero attached hydrogens (tertiary/aromatic N) is 2. The molecule has 1 heterocycles. The van der Waals surface area contributed by atoms with Crippen molar-refractivity contribution in [2.75, 3.05) is 6.61 Å². The van der Waals surface area contributed by atoms with Crippen LogP contribution in [0.3, 0.4) is 0 Å². The van der Waals surface area contributed by atoms with Gasteiger partial charge in [-0.2, -0.15) is 18.3 Å². The number of esters is 1. The van der Waals surface area contributed by atoms with Gasteiger partial charge in [0.15, 0.2) is 0 Å². The second-order valence-corrected chi connectivity index (χ2v) is 4.44. The highest BCUT2D eigenvalue weighted by molar-refractivity contribution is 5.90. The van der Waals surface area contributed by atoms with Crippen molar-refractivity contribution in [3.8, 4) is 5.69 Å². The van der Waals surface area contributed by atoms with Crippen molar-refractivity contribution < 1.29 is 31.5 Å². The molecule has 9 heteroatoms. The van der Waals surface area contributed by atoms with Gasteiger partial charge in [-0.15, -0.1) is 0 Å². The van der Waals surface area contributed by atoms with E-state index in [4.69, 9.17) is 0 Å². The molecule has 124 valence electrons. The van der Waals surface area contributed by atoms with Gasteiger partial charge < -0.3 is 4.74 Å². The third-order valence-corrected chi connectivity index (χ3v) is 2.90. The predicted molar refractivity (Wildman–Crippen MR) is 69.5 cm³/mol. The Balaban J connectivity index is 2.40. The largest absolute Gasteiger partial charge is 0.462 e. The smallest absolute Gasteiger partial charge is 0.416 e. The first-order valence-corrected chi connectivity index (χ1v) is 6.46. The summed E-state index contributed by atoms with van der Waals surface area (Å²) in [5.41, 5.74) is -1.99. The molecule has 0 amide bonds. The molecule has 0 saturated heterocycles. The highest BCUT2D eigenvalue weighted by Gasteiger charge is 2.30. The van der Waals surface area contributed by atoms with Crippen molar-refractivity contribution in [1.82, 2.24) is 9.78 Å². The summed E-state index contributed by atoms with van der Waals surface area (Å²) in [5, 5.41) is 3.56. The minimum atomic E-state index is -4.51. The lowest BCUT2D eigenvalue weighted by atomic mass is 10.2. The molecule has 2 aromatic rings. The fraction of sp³-hybridized carbons (Fsp3) is 0.286. The molecular formula is C14H11F5N2O2. The van der Waals surface area contributed by atoms with Gasteiger partial charge in [0.05, 0.1) is 17.9 Å². The monoisotopic (exact) mass is 334 g/mol. The fourth-order valence-electron chi connectivity index (χ4n) is 1.85. The lowest BCUT2D eigenvalue weighted by molar-refractivity contribution is -0.137. The van der Waals surface area contributed by atoms with Crippen LogP contribution in [-0.4, -0.2) is 22.4 Å². The van der Waals surface area contributed by atoms with Gasteiger partial charge in [0.2, 0.25) is 0 Å². The number of alkyl halides is 5. The Morgan fingerprint density at radius 3 is 2.35 bits per heavy atom. The number of hydrogen-bond acceptors (Lipinski definition) is 3. The number of aromatic nitrogens is 2. The number of halogens is 5. The van der Waals surface area contributed by atoms with Gasteiger partial charge >= 0.3 is 12.1 Å². The van der Waals surface area contributed by atoms with Crippen molar-refractivity contribution in [3.05, 3.63) is 47.3 Å². The average molecular weight is 334 g/mol. The first-order valence-electron chi connectivity index (χ1n) is 6.46. The average Bonchev–Trinajstić information content (AvgIpc) is 2.92. The molecule has 0 atom stereocenters. The van der Waals surface area contributed by atoms with E-state index in [0.29, 0.717) is 0 Å². The van der Waals surface area contributed by atoms with Crippen LogP contribution in [0, 0.1) is 0 Å². The number of rotatable bonds is 4. The van der Waals surface area contributed by atoms with E-state index in [1.54, 1.807) is 0 Å². The van der Waals surface area contributed by atoms with Gasteiger partial charge in [-0.05, 0) is 31.2 Å². The SMILES string of the molecule is CCOC(=O)c1cn(-c2ccc(C(F)(F)F)cc2)nc1C(F)F. The van der Waals surface area contributed by atoms with E-state index >= 15 is 0 Å². The molecule has 0 aliphatic heterocycles. The van der Waals surface area contributed by atoms with Crippen LogP contribution in [0.1, 0.15) is 35.0 Å². The maximum absolute atomic E-state index is 12.9. The van der Waals surface area contributed by atoms with Crippen LogP contribution in [0.25, 0.3) is 5.69 Å². The minimum absolute atomic E-state index is 0.00697. The molecule has 0 N–H and O–H groups in total. The van der Waals surface area contributed by atoms with E-state index < -0.39 is 35.4 Å².